The third kappa shape index (κ3) is 4.78. The van der Waals surface area contributed by atoms with E-state index < -0.39 is 0 Å². The van der Waals surface area contributed by atoms with Gasteiger partial charge in [-0.1, -0.05) is 32.9 Å². The summed E-state index contributed by atoms with van der Waals surface area (Å²) < 4.78 is 5.83. The van der Waals surface area contributed by atoms with Crippen molar-refractivity contribution in [1.29, 1.82) is 0 Å². The van der Waals surface area contributed by atoms with Crippen molar-refractivity contribution in [2.24, 2.45) is 0 Å². The third-order valence-corrected chi connectivity index (χ3v) is 2.88. The van der Waals surface area contributed by atoms with Gasteiger partial charge in [0, 0.05) is 0 Å². The van der Waals surface area contributed by atoms with E-state index in [-0.39, 0.29) is 0 Å². The Morgan fingerprint density at radius 2 is 2.06 bits per heavy atom. The van der Waals surface area contributed by atoms with Gasteiger partial charge >= 0.3 is 0 Å². The topological polar surface area (TPSA) is 21.3 Å². The first kappa shape index (κ1) is 14.0. The first-order valence-corrected chi connectivity index (χ1v) is 6.59. The SMILES string of the molecule is CCNCCCOc1cc(C(C)C)ccc1C. The lowest BCUT2D eigenvalue weighted by Gasteiger charge is -2.12. The Morgan fingerprint density at radius 1 is 1.29 bits per heavy atom. The maximum absolute atomic E-state index is 5.83. The second kappa shape index (κ2) is 7.33. The van der Waals surface area contributed by atoms with E-state index in [0.29, 0.717) is 5.92 Å². The Bertz CT molecular complexity index is 334. The highest BCUT2D eigenvalue weighted by Crippen LogP contribution is 2.24. The maximum atomic E-state index is 5.83. The van der Waals surface area contributed by atoms with Crippen molar-refractivity contribution in [1.82, 2.24) is 5.32 Å². The van der Waals surface area contributed by atoms with Crippen LogP contribution in [0.2, 0.25) is 0 Å². The van der Waals surface area contributed by atoms with E-state index in [0.717, 1.165) is 31.9 Å². The first-order chi connectivity index (χ1) is 8.15. The number of hydrogen-bond acceptors (Lipinski definition) is 2. The molecule has 0 fully saturated rings. The van der Waals surface area contributed by atoms with E-state index >= 15 is 0 Å². The summed E-state index contributed by atoms with van der Waals surface area (Å²) in [5.74, 6) is 1.59. The number of hydrogen-bond donors (Lipinski definition) is 1. The minimum atomic E-state index is 0.555. The summed E-state index contributed by atoms with van der Waals surface area (Å²) in [6, 6.07) is 6.51. The van der Waals surface area contributed by atoms with Crippen molar-refractivity contribution < 1.29 is 4.74 Å². The average Bonchev–Trinajstić information content (AvgIpc) is 2.30. The maximum Gasteiger partial charge on any atom is 0.122 e. The van der Waals surface area contributed by atoms with E-state index in [1.165, 1.54) is 11.1 Å². The molecule has 1 aromatic rings. The van der Waals surface area contributed by atoms with Crippen LogP contribution >= 0.6 is 0 Å². The lowest BCUT2D eigenvalue weighted by atomic mass is 10.0. The molecule has 0 spiro atoms. The molecule has 0 saturated heterocycles. The highest BCUT2D eigenvalue weighted by Gasteiger charge is 2.04. The van der Waals surface area contributed by atoms with Crippen molar-refractivity contribution in [3.05, 3.63) is 29.3 Å². The van der Waals surface area contributed by atoms with Gasteiger partial charge in [0.25, 0.3) is 0 Å². The van der Waals surface area contributed by atoms with Gasteiger partial charge in [0.1, 0.15) is 5.75 Å². The van der Waals surface area contributed by atoms with Gasteiger partial charge in [0.05, 0.1) is 6.61 Å². The fourth-order valence-electron chi connectivity index (χ4n) is 1.69. The number of ether oxygens (including phenoxy) is 1. The molecule has 0 aliphatic rings. The molecule has 0 atom stereocenters. The minimum Gasteiger partial charge on any atom is -0.493 e. The highest BCUT2D eigenvalue weighted by molar-refractivity contribution is 5.37. The van der Waals surface area contributed by atoms with E-state index in [4.69, 9.17) is 4.74 Å². The summed E-state index contributed by atoms with van der Waals surface area (Å²) in [5, 5.41) is 3.30. The van der Waals surface area contributed by atoms with Gasteiger partial charge in [-0.15, -0.1) is 0 Å². The molecule has 0 aliphatic carbocycles. The largest absolute Gasteiger partial charge is 0.493 e. The molecule has 0 aromatic heterocycles. The normalized spacial score (nSPS) is 10.9. The van der Waals surface area contributed by atoms with Gasteiger partial charge in [-0.2, -0.15) is 0 Å². The second-order valence-electron chi connectivity index (χ2n) is 4.74. The molecule has 0 aliphatic heterocycles. The van der Waals surface area contributed by atoms with Crippen LogP contribution in [-0.2, 0) is 0 Å². The smallest absolute Gasteiger partial charge is 0.122 e. The predicted molar refractivity (Wildman–Crippen MR) is 73.9 cm³/mol. The Hall–Kier alpha value is -1.02. The Morgan fingerprint density at radius 3 is 2.71 bits per heavy atom. The van der Waals surface area contributed by atoms with Crippen molar-refractivity contribution in [2.45, 2.75) is 40.0 Å². The van der Waals surface area contributed by atoms with Crippen LogP contribution in [0, 0.1) is 6.92 Å². The van der Waals surface area contributed by atoms with Crippen molar-refractivity contribution >= 4 is 0 Å². The summed E-state index contributed by atoms with van der Waals surface area (Å²) in [4.78, 5) is 0. The quantitative estimate of drug-likeness (QED) is 0.730. The number of benzene rings is 1. The monoisotopic (exact) mass is 235 g/mol. The summed E-state index contributed by atoms with van der Waals surface area (Å²) in [6.07, 6.45) is 1.05. The summed E-state index contributed by atoms with van der Waals surface area (Å²) in [6.45, 7) is 11.5. The van der Waals surface area contributed by atoms with Crippen LogP contribution in [0.4, 0.5) is 0 Å². The molecule has 2 nitrogen and oxygen atoms in total. The Kier molecular flexibility index (Phi) is 6.06. The molecule has 0 bridgehead atoms. The zero-order chi connectivity index (χ0) is 12.7. The molecular weight excluding hydrogens is 210 g/mol. The molecule has 0 unspecified atom stereocenters. The number of nitrogens with one attached hydrogen (secondary N) is 1. The second-order valence-corrected chi connectivity index (χ2v) is 4.74. The standard InChI is InChI=1S/C15H25NO/c1-5-16-9-6-10-17-15-11-14(12(2)3)8-7-13(15)4/h7-8,11-12,16H,5-6,9-10H2,1-4H3. The lowest BCUT2D eigenvalue weighted by Crippen LogP contribution is -2.16. The molecule has 0 saturated carbocycles. The van der Waals surface area contributed by atoms with Crippen molar-refractivity contribution in [2.75, 3.05) is 19.7 Å². The Balaban J connectivity index is 2.49. The van der Waals surface area contributed by atoms with Crippen LogP contribution in [-0.4, -0.2) is 19.7 Å². The molecule has 0 radical (unpaired) electrons. The third-order valence-electron chi connectivity index (χ3n) is 2.88. The van der Waals surface area contributed by atoms with Crippen molar-refractivity contribution in [3.63, 3.8) is 0 Å². The molecular formula is C15H25NO. The fraction of sp³-hybridized carbons (Fsp3) is 0.600. The predicted octanol–water partition coefficient (Wildman–Crippen LogP) is 3.50. The van der Waals surface area contributed by atoms with Crippen LogP contribution in [0.1, 0.15) is 44.2 Å². The van der Waals surface area contributed by atoms with Crippen LogP contribution < -0.4 is 10.1 Å². The van der Waals surface area contributed by atoms with Gasteiger partial charge in [-0.25, -0.2) is 0 Å². The average molecular weight is 235 g/mol. The zero-order valence-corrected chi connectivity index (χ0v) is 11.5. The van der Waals surface area contributed by atoms with E-state index in [2.05, 4.69) is 51.2 Å². The van der Waals surface area contributed by atoms with Gasteiger partial charge in [0.15, 0.2) is 0 Å². The van der Waals surface area contributed by atoms with Gasteiger partial charge in [-0.3, -0.25) is 0 Å². The van der Waals surface area contributed by atoms with Gasteiger partial charge < -0.3 is 10.1 Å². The van der Waals surface area contributed by atoms with Crippen LogP contribution in [0.5, 0.6) is 5.75 Å². The fourth-order valence-corrected chi connectivity index (χ4v) is 1.69. The molecule has 2 heteroatoms. The first-order valence-electron chi connectivity index (χ1n) is 6.59. The summed E-state index contributed by atoms with van der Waals surface area (Å²) >= 11 is 0. The van der Waals surface area contributed by atoms with Crippen LogP contribution in [0.25, 0.3) is 0 Å². The van der Waals surface area contributed by atoms with E-state index in [1.807, 2.05) is 0 Å². The molecule has 1 N–H and O–H groups in total. The zero-order valence-electron chi connectivity index (χ0n) is 11.5. The highest BCUT2D eigenvalue weighted by atomic mass is 16.5. The van der Waals surface area contributed by atoms with Crippen molar-refractivity contribution in [3.8, 4) is 5.75 Å². The molecule has 1 rings (SSSR count). The molecule has 17 heavy (non-hydrogen) atoms. The van der Waals surface area contributed by atoms with Crippen LogP contribution in [0.15, 0.2) is 18.2 Å². The molecule has 96 valence electrons. The number of rotatable bonds is 7. The molecule has 0 heterocycles. The van der Waals surface area contributed by atoms with Gasteiger partial charge in [-0.05, 0) is 49.5 Å². The lowest BCUT2D eigenvalue weighted by molar-refractivity contribution is 0.306. The Labute approximate surface area is 105 Å². The summed E-state index contributed by atoms with van der Waals surface area (Å²) in [7, 11) is 0. The molecule has 1 aromatic carbocycles. The van der Waals surface area contributed by atoms with E-state index in [9.17, 15) is 0 Å². The van der Waals surface area contributed by atoms with E-state index in [1.54, 1.807) is 0 Å². The van der Waals surface area contributed by atoms with Gasteiger partial charge in [0.2, 0.25) is 0 Å². The van der Waals surface area contributed by atoms with Crippen LogP contribution in [0.3, 0.4) is 0 Å². The summed E-state index contributed by atoms with van der Waals surface area (Å²) in [5.41, 5.74) is 2.56. The minimum absolute atomic E-state index is 0.555. The number of aryl methyl sites for hydroxylation is 1. The molecule has 0 amide bonds.